The number of benzene rings is 2. The molecule has 1 N–H and O–H groups in total. The van der Waals surface area contributed by atoms with Gasteiger partial charge in [0.2, 0.25) is 15.9 Å². The molecule has 0 fully saturated rings. The number of hydrogen-bond acceptors (Lipinski definition) is 4. The molecule has 0 aliphatic carbocycles. The third kappa shape index (κ3) is 6.68. The van der Waals surface area contributed by atoms with E-state index in [9.17, 15) is 17.6 Å². The van der Waals surface area contributed by atoms with Gasteiger partial charge in [-0.05, 0) is 29.8 Å². The molecule has 0 saturated heterocycles. The predicted octanol–water partition coefficient (Wildman–Crippen LogP) is 2.64. The van der Waals surface area contributed by atoms with Crippen LogP contribution in [0.4, 0.5) is 10.1 Å². The van der Waals surface area contributed by atoms with Crippen LogP contribution >= 0.6 is 11.8 Å². The fourth-order valence-electron chi connectivity index (χ4n) is 2.22. The van der Waals surface area contributed by atoms with Gasteiger partial charge >= 0.3 is 0 Å². The Bertz CT molecular complexity index is 812. The lowest BCUT2D eigenvalue weighted by Crippen LogP contribution is -2.41. The molecule has 0 aliphatic heterocycles. The maximum Gasteiger partial charge on any atom is 0.240 e. The Balaban J connectivity index is 1.81. The Morgan fingerprint density at radius 2 is 1.77 bits per heavy atom. The van der Waals surface area contributed by atoms with Crippen molar-refractivity contribution < 1.29 is 17.6 Å². The first-order valence-electron chi connectivity index (χ1n) is 7.98. The second-order valence-corrected chi connectivity index (χ2v) is 8.65. The molecule has 2 rings (SSSR count). The van der Waals surface area contributed by atoms with Crippen LogP contribution in [0.25, 0.3) is 0 Å². The zero-order valence-corrected chi connectivity index (χ0v) is 16.0. The van der Waals surface area contributed by atoms with Crippen LogP contribution in [0.5, 0.6) is 0 Å². The van der Waals surface area contributed by atoms with Crippen molar-refractivity contribution >= 4 is 33.4 Å². The number of nitrogens with one attached hydrogen (secondary N) is 1. The van der Waals surface area contributed by atoms with Crippen molar-refractivity contribution in [2.75, 3.05) is 29.4 Å². The summed E-state index contributed by atoms with van der Waals surface area (Å²) in [5.41, 5.74) is 1.46. The molecule has 0 atom stereocenters. The maximum absolute atomic E-state index is 13.0. The van der Waals surface area contributed by atoms with Crippen molar-refractivity contribution in [3.05, 3.63) is 66.0 Å². The van der Waals surface area contributed by atoms with Crippen LogP contribution in [0, 0.1) is 5.82 Å². The molecule has 26 heavy (non-hydrogen) atoms. The number of amides is 1. The zero-order valence-electron chi connectivity index (χ0n) is 14.4. The number of hydrogen-bond donors (Lipinski definition) is 1. The van der Waals surface area contributed by atoms with Crippen LogP contribution in [-0.2, 0) is 20.6 Å². The van der Waals surface area contributed by atoms with Crippen molar-refractivity contribution in [1.29, 1.82) is 0 Å². The fourth-order valence-corrected chi connectivity index (χ4v) is 3.90. The van der Waals surface area contributed by atoms with E-state index in [0.29, 0.717) is 6.54 Å². The number of nitrogens with zero attached hydrogens (tertiary/aromatic N) is 1. The number of carbonyl (C=O) groups excluding carboxylic acids is 1. The summed E-state index contributed by atoms with van der Waals surface area (Å²) in [4.78, 5) is 12.1. The summed E-state index contributed by atoms with van der Waals surface area (Å²) < 4.78 is 37.8. The summed E-state index contributed by atoms with van der Waals surface area (Å²) in [7, 11) is -3.65. The van der Waals surface area contributed by atoms with E-state index in [1.165, 1.54) is 17.7 Å². The molecule has 2 aromatic carbocycles. The lowest BCUT2D eigenvalue weighted by Gasteiger charge is -2.21. The van der Waals surface area contributed by atoms with E-state index in [1.54, 1.807) is 11.8 Å². The van der Waals surface area contributed by atoms with Gasteiger partial charge < -0.3 is 5.32 Å². The highest BCUT2D eigenvalue weighted by atomic mass is 32.2. The minimum atomic E-state index is -3.65. The molecule has 0 unspecified atom stereocenters. The molecule has 0 aliphatic rings. The monoisotopic (exact) mass is 396 g/mol. The lowest BCUT2D eigenvalue weighted by molar-refractivity contribution is -0.119. The van der Waals surface area contributed by atoms with Gasteiger partial charge in [0.25, 0.3) is 0 Å². The number of sulfonamides is 1. The Morgan fingerprint density at radius 3 is 2.38 bits per heavy atom. The molecule has 140 valence electrons. The van der Waals surface area contributed by atoms with Crippen molar-refractivity contribution in [2.24, 2.45) is 0 Å². The highest BCUT2D eigenvalue weighted by Gasteiger charge is 2.20. The number of carbonyl (C=O) groups is 1. The SMILES string of the molecule is CS(=O)(=O)N(CC(=O)NCCSCc1ccccc1)c1ccc(F)cc1. The number of anilines is 1. The van der Waals surface area contributed by atoms with Crippen molar-refractivity contribution in [3.63, 3.8) is 0 Å². The first kappa shape index (κ1) is 20.3. The minimum Gasteiger partial charge on any atom is -0.354 e. The van der Waals surface area contributed by atoms with Crippen molar-refractivity contribution in [3.8, 4) is 0 Å². The number of rotatable bonds is 9. The molecule has 8 heteroatoms. The van der Waals surface area contributed by atoms with Crippen LogP contribution in [0.3, 0.4) is 0 Å². The summed E-state index contributed by atoms with van der Waals surface area (Å²) >= 11 is 1.68. The van der Waals surface area contributed by atoms with Crippen LogP contribution in [-0.4, -0.2) is 39.4 Å². The van der Waals surface area contributed by atoms with E-state index in [-0.39, 0.29) is 12.2 Å². The molecule has 0 aromatic heterocycles. The molecule has 0 spiro atoms. The highest BCUT2D eigenvalue weighted by molar-refractivity contribution is 7.98. The highest BCUT2D eigenvalue weighted by Crippen LogP contribution is 2.17. The Morgan fingerprint density at radius 1 is 1.12 bits per heavy atom. The van der Waals surface area contributed by atoms with Gasteiger partial charge in [-0.2, -0.15) is 11.8 Å². The lowest BCUT2D eigenvalue weighted by atomic mass is 10.2. The normalized spacial score (nSPS) is 11.2. The van der Waals surface area contributed by atoms with Crippen LogP contribution in [0.15, 0.2) is 54.6 Å². The van der Waals surface area contributed by atoms with E-state index in [1.807, 2.05) is 30.3 Å². The molecule has 5 nitrogen and oxygen atoms in total. The van der Waals surface area contributed by atoms with E-state index in [4.69, 9.17) is 0 Å². The van der Waals surface area contributed by atoms with Crippen molar-refractivity contribution in [2.45, 2.75) is 5.75 Å². The minimum absolute atomic E-state index is 0.252. The summed E-state index contributed by atoms with van der Waals surface area (Å²) in [6, 6.07) is 15.0. The standard InChI is InChI=1S/C18H21FN2O3S2/c1-26(23,24)21(17-9-7-16(19)8-10-17)13-18(22)20-11-12-25-14-15-5-3-2-4-6-15/h2-10H,11-14H2,1H3,(H,20,22). The Kier molecular flexibility index (Phi) is 7.47. The molecule has 0 bridgehead atoms. The summed E-state index contributed by atoms with van der Waals surface area (Å²) in [5, 5.41) is 2.71. The number of halogens is 1. The summed E-state index contributed by atoms with van der Waals surface area (Å²) in [6.07, 6.45) is 1.01. The van der Waals surface area contributed by atoms with E-state index >= 15 is 0 Å². The van der Waals surface area contributed by atoms with Crippen LogP contribution < -0.4 is 9.62 Å². The predicted molar refractivity (Wildman–Crippen MR) is 104 cm³/mol. The molecular formula is C18H21FN2O3S2. The van der Waals surface area contributed by atoms with Gasteiger partial charge in [0.15, 0.2) is 0 Å². The fraction of sp³-hybridized carbons (Fsp3) is 0.278. The first-order valence-corrected chi connectivity index (χ1v) is 11.0. The Labute approximate surface area is 157 Å². The second kappa shape index (κ2) is 9.59. The third-order valence-corrected chi connectivity index (χ3v) is 5.65. The van der Waals surface area contributed by atoms with Gasteiger partial charge in [0.05, 0.1) is 11.9 Å². The molecule has 2 aromatic rings. The summed E-state index contributed by atoms with van der Waals surface area (Å²) in [5.74, 6) is 0.694. The molecule has 0 heterocycles. The van der Waals surface area contributed by atoms with Gasteiger partial charge in [-0.3, -0.25) is 9.10 Å². The van der Waals surface area contributed by atoms with Gasteiger partial charge in [-0.1, -0.05) is 30.3 Å². The topological polar surface area (TPSA) is 66.5 Å². The first-order chi connectivity index (χ1) is 12.4. The van der Waals surface area contributed by atoms with Gasteiger partial charge in [0.1, 0.15) is 12.4 Å². The number of thioether (sulfide) groups is 1. The maximum atomic E-state index is 13.0. The van der Waals surface area contributed by atoms with E-state index < -0.39 is 21.7 Å². The van der Waals surface area contributed by atoms with E-state index in [2.05, 4.69) is 5.32 Å². The largest absolute Gasteiger partial charge is 0.354 e. The van der Waals surface area contributed by atoms with Crippen LogP contribution in [0.2, 0.25) is 0 Å². The molecule has 0 radical (unpaired) electrons. The molecule has 0 saturated carbocycles. The average Bonchev–Trinajstić information content (AvgIpc) is 2.60. The molecule has 1 amide bonds. The summed E-state index contributed by atoms with van der Waals surface area (Å²) in [6.45, 7) is 0.102. The van der Waals surface area contributed by atoms with Crippen molar-refractivity contribution in [1.82, 2.24) is 5.32 Å². The van der Waals surface area contributed by atoms with Gasteiger partial charge in [0, 0.05) is 18.1 Å². The van der Waals surface area contributed by atoms with Gasteiger partial charge in [-0.25, -0.2) is 12.8 Å². The van der Waals surface area contributed by atoms with E-state index in [0.717, 1.165) is 34.2 Å². The Hall–Kier alpha value is -2.06. The molecular weight excluding hydrogens is 375 g/mol. The third-order valence-electron chi connectivity index (χ3n) is 3.48. The smallest absolute Gasteiger partial charge is 0.240 e. The second-order valence-electron chi connectivity index (χ2n) is 5.63. The average molecular weight is 397 g/mol. The zero-order chi connectivity index (χ0) is 19.0. The van der Waals surface area contributed by atoms with Gasteiger partial charge in [-0.15, -0.1) is 0 Å². The van der Waals surface area contributed by atoms with Crippen LogP contribution in [0.1, 0.15) is 5.56 Å². The quantitative estimate of drug-likeness (QED) is 0.662.